The Morgan fingerprint density at radius 2 is 1.87 bits per heavy atom. The number of carbonyl (C=O) groups is 2. The van der Waals surface area contributed by atoms with Crippen LogP contribution in [0.3, 0.4) is 0 Å². The molecule has 0 spiro atoms. The van der Waals surface area contributed by atoms with Crippen molar-refractivity contribution in [1.82, 2.24) is 9.62 Å². The van der Waals surface area contributed by atoms with Crippen molar-refractivity contribution in [2.75, 3.05) is 31.2 Å². The highest BCUT2D eigenvalue weighted by molar-refractivity contribution is 7.91. The second kappa shape index (κ2) is 10.6. The van der Waals surface area contributed by atoms with Gasteiger partial charge < -0.3 is 9.64 Å². The van der Waals surface area contributed by atoms with Gasteiger partial charge in [-0.3, -0.25) is 9.59 Å². The van der Waals surface area contributed by atoms with Crippen LogP contribution in [0.4, 0.5) is 0 Å². The van der Waals surface area contributed by atoms with Crippen LogP contribution in [0.5, 0.6) is 0 Å². The fraction of sp³-hybridized carbons (Fsp3) is 0.600. The van der Waals surface area contributed by atoms with E-state index in [9.17, 15) is 26.4 Å². The van der Waals surface area contributed by atoms with E-state index >= 15 is 0 Å². The average molecular weight is 475 g/mol. The highest BCUT2D eigenvalue weighted by Crippen LogP contribution is 2.19. The Kier molecular flexibility index (Phi) is 8.61. The predicted molar refractivity (Wildman–Crippen MR) is 116 cm³/mol. The third-order valence-corrected chi connectivity index (χ3v) is 8.07. The van der Waals surface area contributed by atoms with Gasteiger partial charge in [0.05, 0.1) is 22.8 Å². The minimum absolute atomic E-state index is 0.0421. The molecule has 1 fully saturated rings. The normalized spacial score (nSPS) is 18.1. The van der Waals surface area contributed by atoms with Crippen molar-refractivity contribution >= 4 is 31.7 Å². The van der Waals surface area contributed by atoms with Crippen LogP contribution in [0.2, 0.25) is 0 Å². The van der Waals surface area contributed by atoms with E-state index in [1.807, 2.05) is 20.8 Å². The van der Waals surface area contributed by atoms with Crippen molar-refractivity contribution in [3.05, 3.63) is 29.8 Å². The molecule has 1 heterocycles. The molecule has 9 nitrogen and oxygen atoms in total. The number of amides is 1. The number of hydrogen-bond donors (Lipinski definition) is 1. The van der Waals surface area contributed by atoms with E-state index in [1.54, 1.807) is 12.1 Å². The maximum atomic E-state index is 12.6. The molecule has 1 saturated heterocycles. The molecular weight excluding hydrogens is 444 g/mol. The van der Waals surface area contributed by atoms with Crippen LogP contribution in [0.15, 0.2) is 29.2 Å². The van der Waals surface area contributed by atoms with Crippen LogP contribution < -0.4 is 4.72 Å². The molecule has 1 aromatic carbocycles. The molecule has 1 N–H and O–H groups in total. The van der Waals surface area contributed by atoms with Gasteiger partial charge in [0.1, 0.15) is 0 Å². The first-order valence-corrected chi connectivity index (χ1v) is 13.4. The first-order valence-electron chi connectivity index (χ1n) is 10.1. The molecule has 1 atom stereocenters. The number of rotatable bonds is 10. The number of benzene rings is 1. The average Bonchev–Trinajstić information content (AvgIpc) is 3.03. The van der Waals surface area contributed by atoms with Gasteiger partial charge in [-0.15, -0.1) is 0 Å². The number of sulfonamides is 1. The number of esters is 1. The van der Waals surface area contributed by atoms with Crippen LogP contribution in [0.1, 0.15) is 32.3 Å². The lowest BCUT2D eigenvalue weighted by Crippen LogP contribution is -2.45. The fourth-order valence-electron chi connectivity index (χ4n) is 3.25. The number of sulfone groups is 1. The molecule has 1 aliphatic heterocycles. The largest absolute Gasteiger partial charge is 0.456 e. The van der Waals surface area contributed by atoms with Gasteiger partial charge in [-0.1, -0.05) is 31.5 Å². The Bertz CT molecular complexity index is 987. The van der Waals surface area contributed by atoms with Crippen LogP contribution in [-0.4, -0.2) is 70.9 Å². The molecule has 0 aliphatic carbocycles. The SMILES string of the molecule is Cc1ccc(S(=O)(=O)NCCC(=O)OCC(=O)N(CC(C)C)C2CCS(=O)(=O)C2)cc1. The number of nitrogens with one attached hydrogen (secondary N) is 1. The van der Waals surface area contributed by atoms with Gasteiger partial charge in [0.25, 0.3) is 5.91 Å². The van der Waals surface area contributed by atoms with Crippen LogP contribution in [0, 0.1) is 12.8 Å². The van der Waals surface area contributed by atoms with Gasteiger partial charge >= 0.3 is 5.97 Å². The minimum atomic E-state index is -3.74. The molecule has 0 bridgehead atoms. The van der Waals surface area contributed by atoms with E-state index in [0.29, 0.717) is 13.0 Å². The summed E-state index contributed by atoms with van der Waals surface area (Å²) in [6.07, 6.45) is 0.135. The standard InChI is InChI=1S/C20H30N2O7S2/c1-15(2)12-22(17-9-11-30(25,26)14-17)19(23)13-29-20(24)8-10-21-31(27,28)18-6-4-16(3)5-7-18/h4-7,15,17,21H,8-14H2,1-3H3. The Morgan fingerprint density at radius 1 is 1.23 bits per heavy atom. The molecule has 0 saturated carbocycles. The fourth-order valence-corrected chi connectivity index (χ4v) is 6.02. The summed E-state index contributed by atoms with van der Waals surface area (Å²) in [5.41, 5.74) is 0.925. The Balaban J connectivity index is 1.83. The molecule has 1 aromatic rings. The third kappa shape index (κ3) is 7.89. The molecular formula is C20H30N2O7S2. The molecule has 0 radical (unpaired) electrons. The smallest absolute Gasteiger partial charge is 0.307 e. The molecule has 31 heavy (non-hydrogen) atoms. The van der Waals surface area contributed by atoms with Crippen LogP contribution >= 0.6 is 0 Å². The number of hydrogen-bond acceptors (Lipinski definition) is 7. The molecule has 174 valence electrons. The number of aryl methyl sites for hydroxylation is 1. The van der Waals surface area contributed by atoms with Gasteiger partial charge in [0, 0.05) is 19.1 Å². The summed E-state index contributed by atoms with van der Waals surface area (Å²) in [5.74, 6) is -1.09. The highest BCUT2D eigenvalue weighted by atomic mass is 32.2. The van der Waals surface area contributed by atoms with Crippen molar-refractivity contribution in [3.63, 3.8) is 0 Å². The van der Waals surface area contributed by atoms with Crippen molar-refractivity contribution in [1.29, 1.82) is 0 Å². The van der Waals surface area contributed by atoms with Crippen molar-refractivity contribution in [3.8, 4) is 0 Å². The Labute approximate surface area is 184 Å². The van der Waals surface area contributed by atoms with Gasteiger partial charge in [0.15, 0.2) is 16.4 Å². The van der Waals surface area contributed by atoms with Gasteiger partial charge in [0.2, 0.25) is 10.0 Å². The lowest BCUT2D eigenvalue weighted by molar-refractivity contribution is -0.153. The predicted octanol–water partition coefficient (Wildman–Crippen LogP) is 0.878. The summed E-state index contributed by atoms with van der Waals surface area (Å²) >= 11 is 0. The molecule has 2 rings (SSSR count). The number of carbonyl (C=O) groups excluding carboxylic acids is 2. The summed E-state index contributed by atoms with van der Waals surface area (Å²) in [6.45, 7) is 5.36. The highest BCUT2D eigenvalue weighted by Gasteiger charge is 2.35. The maximum Gasteiger partial charge on any atom is 0.307 e. The lowest BCUT2D eigenvalue weighted by atomic mass is 10.1. The molecule has 1 aliphatic rings. The van der Waals surface area contributed by atoms with E-state index in [-0.39, 0.29) is 35.3 Å². The molecule has 11 heteroatoms. The van der Waals surface area contributed by atoms with Crippen molar-refractivity contribution < 1.29 is 31.2 Å². The maximum absolute atomic E-state index is 12.6. The molecule has 1 amide bonds. The van der Waals surface area contributed by atoms with E-state index in [2.05, 4.69) is 4.72 Å². The zero-order chi connectivity index (χ0) is 23.2. The molecule has 0 aromatic heterocycles. The van der Waals surface area contributed by atoms with Crippen LogP contribution in [-0.2, 0) is 34.2 Å². The second-order valence-corrected chi connectivity index (χ2v) is 12.1. The number of ether oxygens (including phenoxy) is 1. The third-order valence-electron chi connectivity index (χ3n) is 4.84. The quantitative estimate of drug-likeness (QED) is 0.499. The van der Waals surface area contributed by atoms with Crippen LogP contribution in [0.25, 0.3) is 0 Å². The monoisotopic (exact) mass is 474 g/mol. The first kappa shape index (κ1) is 25.3. The Hall–Kier alpha value is -1.98. The van der Waals surface area contributed by atoms with E-state index < -0.39 is 44.4 Å². The van der Waals surface area contributed by atoms with Gasteiger partial charge in [-0.25, -0.2) is 21.6 Å². The van der Waals surface area contributed by atoms with E-state index in [4.69, 9.17) is 4.74 Å². The zero-order valence-electron chi connectivity index (χ0n) is 18.0. The summed E-state index contributed by atoms with van der Waals surface area (Å²) in [4.78, 5) is 26.1. The zero-order valence-corrected chi connectivity index (χ0v) is 19.7. The van der Waals surface area contributed by atoms with Gasteiger partial charge in [-0.05, 0) is 31.4 Å². The molecule has 1 unspecified atom stereocenters. The number of nitrogens with zero attached hydrogens (tertiary/aromatic N) is 1. The van der Waals surface area contributed by atoms with Gasteiger partial charge in [-0.2, -0.15) is 0 Å². The first-order chi connectivity index (χ1) is 14.4. The topological polar surface area (TPSA) is 127 Å². The van der Waals surface area contributed by atoms with E-state index in [0.717, 1.165) is 5.56 Å². The summed E-state index contributed by atoms with van der Waals surface area (Å²) in [6, 6.07) is 5.88. The summed E-state index contributed by atoms with van der Waals surface area (Å²) in [5, 5.41) is 0. The lowest BCUT2D eigenvalue weighted by Gasteiger charge is -2.29. The Morgan fingerprint density at radius 3 is 2.42 bits per heavy atom. The minimum Gasteiger partial charge on any atom is -0.456 e. The van der Waals surface area contributed by atoms with Crippen molar-refractivity contribution in [2.45, 2.75) is 44.6 Å². The second-order valence-electron chi connectivity index (χ2n) is 8.12. The summed E-state index contributed by atoms with van der Waals surface area (Å²) in [7, 11) is -6.90. The van der Waals surface area contributed by atoms with Crippen molar-refractivity contribution in [2.24, 2.45) is 5.92 Å². The van der Waals surface area contributed by atoms with E-state index in [1.165, 1.54) is 17.0 Å². The summed E-state index contributed by atoms with van der Waals surface area (Å²) < 4.78 is 55.3.